The fourth-order valence-corrected chi connectivity index (χ4v) is 3.32. The molecule has 2 aliphatic rings. The molecule has 3 atom stereocenters. The molecular weight excluding hydrogens is 172 g/mol. The van der Waals surface area contributed by atoms with E-state index >= 15 is 0 Å². The van der Waals surface area contributed by atoms with Gasteiger partial charge in [-0.15, -0.1) is 0 Å². The molecule has 2 saturated carbocycles. The van der Waals surface area contributed by atoms with Crippen LogP contribution in [0.3, 0.4) is 0 Å². The molecule has 0 aromatic carbocycles. The average molecular weight is 196 g/mol. The van der Waals surface area contributed by atoms with Crippen molar-refractivity contribution in [2.75, 3.05) is 0 Å². The predicted molar refractivity (Wildman–Crippen MR) is 59.0 cm³/mol. The minimum atomic E-state index is 0.0190. The second-order valence-corrected chi connectivity index (χ2v) is 5.73. The van der Waals surface area contributed by atoms with Gasteiger partial charge in [0.25, 0.3) is 0 Å². The second-order valence-electron chi connectivity index (χ2n) is 5.73. The van der Waals surface area contributed by atoms with E-state index in [0.717, 1.165) is 24.2 Å². The van der Waals surface area contributed by atoms with Crippen LogP contribution in [0.1, 0.15) is 52.4 Å². The topological polar surface area (TPSA) is 20.2 Å². The highest BCUT2D eigenvalue weighted by atomic mass is 16.3. The van der Waals surface area contributed by atoms with E-state index in [9.17, 15) is 5.11 Å². The average Bonchev–Trinajstić information content (AvgIpc) is 2.88. The van der Waals surface area contributed by atoms with Crippen LogP contribution >= 0.6 is 0 Å². The van der Waals surface area contributed by atoms with Gasteiger partial charge in [-0.3, -0.25) is 0 Å². The Labute approximate surface area is 87.9 Å². The van der Waals surface area contributed by atoms with Gasteiger partial charge in [0, 0.05) is 0 Å². The Kier molecular flexibility index (Phi) is 3.16. The third kappa shape index (κ3) is 2.13. The first kappa shape index (κ1) is 10.5. The highest BCUT2D eigenvalue weighted by Crippen LogP contribution is 2.57. The lowest BCUT2D eigenvalue weighted by Crippen LogP contribution is -2.12. The van der Waals surface area contributed by atoms with Gasteiger partial charge in [-0.25, -0.2) is 0 Å². The minimum Gasteiger partial charge on any atom is -0.393 e. The number of aliphatic hydroxyl groups is 1. The largest absolute Gasteiger partial charge is 0.393 e. The normalized spacial score (nSPS) is 38.1. The molecule has 82 valence electrons. The Bertz CT molecular complexity index is 176. The lowest BCUT2D eigenvalue weighted by Gasteiger charge is -2.11. The summed E-state index contributed by atoms with van der Waals surface area (Å²) in [6, 6.07) is 0. The molecule has 0 aliphatic heterocycles. The number of fused-ring (bicyclic) bond motifs is 1. The summed E-state index contributed by atoms with van der Waals surface area (Å²) in [6.45, 7) is 4.49. The van der Waals surface area contributed by atoms with Gasteiger partial charge < -0.3 is 5.11 Å². The van der Waals surface area contributed by atoms with Gasteiger partial charge >= 0.3 is 0 Å². The maximum absolute atomic E-state index is 10.1. The summed E-state index contributed by atoms with van der Waals surface area (Å²) in [5.74, 6) is 3.25. The molecule has 2 aliphatic carbocycles. The van der Waals surface area contributed by atoms with Gasteiger partial charge in [0.15, 0.2) is 0 Å². The minimum absolute atomic E-state index is 0.0190. The molecule has 1 nitrogen and oxygen atoms in total. The van der Waals surface area contributed by atoms with Crippen LogP contribution in [0, 0.1) is 23.7 Å². The van der Waals surface area contributed by atoms with Crippen LogP contribution in [-0.2, 0) is 0 Å². The molecule has 2 rings (SSSR count). The number of aliphatic hydroxyl groups excluding tert-OH is 1. The monoisotopic (exact) mass is 196 g/mol. The summed E-state index contributed by atoms with van der Waals surface area (Å²) in [6.07, 6.45) is 7.86. The van der Waals surface area contributed by atoms with Crippen molar-refractivity contribution in [3.8, 4) is 0 Å². The van der Waals surface area contributed by atoms with Crippen LogP contribution in [0.15, 0.2) is 0 Å². The summed E-state index contributed by atoms with van der Waals surface area (Å²) in [7, 11) is 0. The van der Waals surface area contributed by atoms with Crippen molar-refractivity contribution in [2.24, 2.45) is 23.7 Å². The SMILES string of the molecule is CC(C)CCC(O)C1C2CCCCC21. The van der Waals surface area contributed by atoms with Crippen molar-refractivity contribution in [2.45, 2.75) is 58.5 Å². The second kappa shape index (κ2) is 4.22. The van der Waals surface area contributed by atoms with Gasteiger partial charge in [0.2, 0.25) is 0 Å². The quantitative estimate of drug-likeness (QED) is 0.732. The lowest BCUT2D eigenvalue weighted by molar-refractivity contribution is 0.124. The Hall–Kier alpha value is -0.0400. The molecule has 0 heterocycles. The van der Waals surface area contributed by atoms with E-state index < -0.39 is 0 Å². The predicted octanol–water partition coefficient (Wildman–Crippen LogP) is 3.22. The maximum Gasteiger partial charge on any atom is 0.0574 e. The third-order valence-corrected chi connectivity index (χ3v) is 4.21. The van der Waals surface area contributed by atoms with Crippen molar-refractivity contribution in [1.29, 1.82) is 0 Å². The van der Waals surface area contributed by atoms with E-state index in [4.69, 9.17) is 0 Å². The summed E-state index contributed by atoms with van der Waals surface area (Å²) in [4.78, 5) is 0. The molecule has 0 spiro atoms. The van der Waals surface area contributed by atoms with Crippen LogP contribution in [0.25, 0.3) is 0 Å². The molecule has 0 radical (unpaired) electrons. The maximum atomic E-state index is 10.1. The van der Waals surface area contributed by atoms with Gasteiger partial charge in [0.1, 0.15) is 0 Å². The van der Waals surface area contributed by atoms with Crippen LogP contribution < -0.4 is 0 Å². The van der Waals surface area contributed by atoms with Gasteiger partial charge in [0.05, 0.1) is 6.10 Å². The molecule has 0 bridgehead atoms. The van der Waals surface area contributed by atoms with E-state index in [0.29, 0.717) is 5.92 Å². The van der Waals surface area contributed by atoms with Gasteiger partial charge in [-0.2, -0.15) is 0 Å². The van der Waals surface area contributed by atoms with E-state index in [1.165, 1.54) is 32.1 Å². The van der Waals surface area contributed by atoms with Crippen molar-refractivity contribution in [3.63, 3.8) is 0 Å². The Morgan fingerprint density at radius 1 is 1.07 bits per heavy atom. The molecule has 0 aromatic heterocycles. The Morgan fingerprint density at radius 2 is 1.64 bits per heavy atom. The molecule has 1 N–H and O–H groups in total. The summed E-state index contributed by atoms with van der Waals surface area (Å²) in [5, 5.41) is 10.1. The lowest BCUT2D eigenvalue weighted by atomic mass is 10.0. The van der Waals surface area contributed by atoms with Crippen LogP contribution in [0.2, 0.25) is 0 Å². The van der Waals surface area contributed by atoms with Crippen molar-refractivity contribution in [3.05, 3.63) is 0 Å². The summed E-state index contributed by atoms with van der Waals surface area (Å²) >= 11 is 0. The number of hydrogen-bond donors (Lipinski definition) is 1. The molecule has 3 unspecified atom stereocenters. The Morgan fingerprint density at radius 3 is 2.14 bits per heavy atom. The van der Waals surface area contributed by atoms with Crippen LogP contribution in [0.5, 0.6) is 0 Å². The molecule has 14 heavy (non-hydrogen) atoms. The summed E-state index contributed by atoms with van der Waals surface area (Å²) < 4.78 is 0. The summed E-state index contributed by atoms with van der Waals surface area (Å²) in [5.41, 5.74) is 0. The van der Waals surface area contributed by atoms with Crippen molar-refractivity contribution < 1.29 is 5.11 Å². The molecule has 0 saturated heterocycles. The molecule has 2 fully saturated rings. The van der Waals surface area contributed by atoms with E-state index in [1.807, 2.05) is 0 Å². The standard InChI is InChI=1S/C13H24O/c1-9(2)7-8-12(14)13-10-5-3-4-6-11(10)13/h9-14H,3-8H2,1-2H3. The molecule has 1 heteroatoms. The first-order chi connectivity index (χ1) is 6.70. The van der Waals surface area contributed by atoms with Crippen LogP contribution in [0.4, 0.5) is 0 Å². The van der Waals surface area contributed by atoms with Gasteiger partial charge in [-0.05, 0) is 49.4 Å². The first-order valence-electron chi connectivity index (χ1n) is 6.38. The fraction of sp³-hybridized carbons (Fsp3) is 1.00. The molecule has 0 aromatic rings. The van der Waals surface area contributed by atoms with Crippen molar-refractivity contribution in [1.82, 2.24) is 0 Å². The number of hydrogen-bond acceptors (Lipinski definition) is 1. The zero-order chi connectivity index (χ0) is 10.1. The molecular formula is C13H24O. The van der Waals surface area contributed by atoms with E-state index in [-0.39, 0.29) is 6.10 Å². The first-order valence-corrected chi connectivity index (χ1v) is 6.38. The van der Waals surface area contributed by atoms with E-state index in [1.54, 1.807) is 0 Å². The number of rotatable bonds is 4. The third-order valence-electron chi connectivity index (χ3n) is 4.21. The van der Waals surface area contributed by atoms with E-state index in [2.05, 4.69) is 13.8 Å². The smallest absolute Gasteiger partial charge is 0.0574 e. The zero-order valence-corrected chi connectivity index (χ0v) is 9.58. The molecule has 0 amide bonds. The fourth-order valence-electron chi connectivity index (χ4n) is 3.32. The van der Waals surface area contributed by atoms with Crippen LogP contribution in [-0.4, -0.2) is 11.2 Å². The van der Waals surface area contributed by atoms with Crippen molar-refractivity contribution >= 4 is 0 Å². The highest BCUT2D eigenvalue weighted by Gasteiger charge is 2.53. The Balaban J connectivity index is 1.74. The highest BCUT2D eigenvalue weighted by molar-refractivity contribution is 5.02. The van der Waals surface area contributed by atoms with Gasteiger partial charge in [-0.1, -0.05) is 26.7 Å². The zero-order valence-electron chi connectivity index (χ0n) is 9.58.